The molecule has 3 heteroatoms. The molecule has 1 aromatic carbocycles. The molecule has 1 aromatic rings. The second-order valence-electron chi connectivity index (χ2n) is 6.62. The molecule has 0 radical (unpaired) electrons. The van der Waals surface area contributed by atoms with Crippen molar-refractivity contribution >= 4 is 11.6 Å². The SMILES string of the molecule is CC(NC1CC(=O)N(C)c2ccccc21)C1CCCCC1. The molecule has 114 valence electrons. The molecule has 0 spiro atoms. The molecule has 0 bridgehead atoms. The summed E-state index contributed by atoms with van der Waals surface area (Å²) >= 11 is 0. The van der Waals surface area contributed by atoms with Crippen LogP contribution in [0.15, 0.2) is 24.3 Å². The summed E-state index contributed by atoms with van der Waals surface area (Å²) in [6, 6.07) is 8.94. The smallest absolute Gasteiger partial charge is 0.228 e. The predicted octanol–water partition coefficient (Wildman–Crippen LogP) is 3.65. The molecule has 0 aromatic heterocycles. The third kappa shape index (κ3) is 2.98. The maximum Gasteiger partial charge on any atom is 0.228 e. The molecule has 2 atom stereocenters. The quantitative estimate of drug-likeness (QED) is 0.920. The van der Waals surface area contributed by atoms with Crippen molar-refractivity contribution in [1.29, 1.82) is 0 Å². The highest BCUT2D eigenvalue weighted by molar-refractivity contribution is 5.96. The van der Waals surface area contributed by atoms with Crippen LogP contribution in [0.2, 0.25) is 0 Å². The van der Waals surface area contributed by atoms with E-state index in [9.17, 15) is 4.79 Å². The van der Waals surface area contributed by atoms with Gasteiger partial charge in [-0.25, -0.2) is 0 Å². The number of hydrogen-bond donors (Lipinski definition) is 1. The number of fused-ring (bicyclic) bond motifs is 1. The van der Waals surface area contributed by atoms with Crippen LogP contribution in [-0.4, -0.2) is 19.0 Å². The number of benzene rings is 1. The van der Waals surface area contributed by atoms with Crippen LogP contribution in [-0.2, 0) is 4.79 Å². The maximum atomic E-state index is 12.2. The summed E-state index contributed by atoms with van der Waals surface area (Å²) in [5.41, 5.74) is 2.32. The third-order valence-electron chi connectivity index (χ3n) is 5.25. The molecule has 2 unspecified atom stereocenters. The summed E-state index contributed by atoms with van der Waals surface area (Å²) in [6.07, 6.45) is 7.34. The van der Waals surface area contributed by atoms with Gasteiger partial charge in [-0.05, 0) is 37.3 Å². The molecule has 1 N–H and O–H groups in total. The minimum Gasteiger partial charge on any atom is -0.315 e. The van der Waals surface area contributed by atoms with Gasteiger partial charge < -0.3 is 10.2 Å². The van der Waals surface area contributed by atoms with Crippen LogP contribution in [0.3, 0.4) is 0 Å². The lowest BCUT2D eigenvalue weighted by molar-refractivity contribution is -0.119. The average Bonchev–Trinajstić information content (AvgIpc) is 2.53. The molecular formula is C18H26N2O. The molecular weight excluding hydrogens is 260 g/mol. The van der Waals surface area contributed by atoms with Gasteiger partial charge in [0.05, 0.1) is 0 Å². The highest BCUT2D eigenvalue weighted by Gasteiger charge is 2.31. The maximum absolute atomic E-state index is 12.2. The Morgan fingerprint density at radius 3 is 2.67 bits per heavy atom. The van der Waals surface area contributed by atoms with Crippen molar-refractivity contribution < 1.29 is 4.79 Å². The number of nitrogens with one attached hydrogen (secondary N) is 1. The Morgan fingerprint density at radius 1 is 1.19 bits per heavy atom. The van der Waals surface area contributed by atoms with Gasteiger partial charge in [-0.3, -0.25) is 4.79 Å². The van der Waals surface area contributed by atoms with Crippen LogP contribution >= 0.6 is 0 Å². The van der Waals surface area contributed by atoms with E-state index in [-0.39, 0.29) is 11.9 Å². The number of rotatable bonds is 3. The van der Waals surface area contributed by atoms with Gasteiger partial charge in [0.25, 0.3) is 0 Å². The minimum atomic E-state index is 0.168. The fourth-order valence-corrected chi connectivity index (χ4v) is 3.88. The largest absolute Gasteiger partial charge is 0.315 e. The monoisotopic (exact) mass is 286 g/mol. The molecule has 1 amide bonds. The van der Waals surface area contributed by atoms with Crippen LogP contribution in [0.1, 0.15) is 57.1 Å². The van der Waals surface area contributed by atoms with Crippen molar-refractivity contribution in [3.63, 3.8) is 0 Å². The van der Waals surface area contributed by atoms with E-state index in [0.29, 0.717) is 12.5 Å². The van der Waals surface area contributed by atoms with Crippen LogP contribution in [0.25, 0.3) is 0 Å². The summed E-state index contributed by atoms with van der Waals surface area (Å²) < 4.78 is 0. The highest BCUT2D eigenvalue weighted by atomic mass is 16.2. The Kier molecular flexibility index (Phi) is 4.29. The van der Waals surface area contributed by atoms with Crippen molar-refractivity contribution in [3.8, 4) is 0 Å². The van der Waals surface area contributed by atoms with Gasteiger partial charge in [0, 0.05) is 31.2 Å². The van der Waals surface area contributed by atoms with Crippen LogP contribution in [0, 0.1) is 5.92 Å². The van der Waals surface area contributed by atoms with E-state index in [2.05, 4.69) is 24.4 Å². The zero-order valence-corrected chi connectivity index (χ0v) is 13.1. The Bertz CT molecular complexity index is 508. The Labute approximate surface area is 127 Å². The molecule has 0 saturated heterocycles. The highest BCUT2D eigenvalue weighted by Crippen LogP contribution is 2.35. The Balaban J connectivity index is 1.76. The van der Waals surface area contributed by atoms with E-state index >= 15 is 0 Å². The number of carbonyl (C=O) groups excluding carboxylic acids is 1. The van der Waals surface area contributed by atoms with Crippen molar-refractivity contribution in [2.24, 2.45) is 5.92 Å². The van der Waals surface area contributed by atoms with E-state index in [4.69, 9.17) is 0 Å². The van der Waals surface area contributed by atoms with E-state index in [0.717, 1.165) is 11.6 Å². The molecule has 1 heterocycles. The number of hydrogen-bond acceptors (Lipinski definition) is 2. The number of anilines is 1. The fourth-order valence-electron chi connectivity index (χ4n) is 3.88. The predicted molar refractivity (Wildman–Crippen MR) is 86.4 cm³/mol. The van der Waals surface area contributed by atoms with Gasteiger partial charge >= 0.3 is 0 Å². The summed E-state index contributed by atoms with van der Waals surface area (Å²) in [6.45, 7) is 2.29. The lowest BCUT2D eigenvalue weighted by Gasteiger charge is -2.36. The van der Waals surface area contributed by atoms with Crippen molar-refractivity contribution in [2.45, 2.75) is 57.5 Å². The zero-order valence-electron chi connectivity index (χ0n) is 13.1. The average molecular weight is 286 g/mol. The molecule has 21 heavy (non-hydrogen) atoms. The number of amides is 1. The van der Waals surface area contributed by atoms with Gasteiger partial charge in [0.1, 0.15) is 0 Å². The van der Waals surface area contributed by atoms with Crippen molar-refractivity contribution in [2.75, 3.05) is 11.9 Å². The summed E-state index contributed by atoms with van der Waals surface area (Å²) in [5.74, 6) is 0.975. The van der Waals surface area contributed by atoms with E-state index in [1.165, 1.54) is 37.7 Å². The van der Waals surface area contributed by atoms with Crippen molar-refractivity contribution in [1.82, 2.24) is 5.32 Å². The molecule has 3 nitrogen and oxygen atoms in total. The Hall–Kier alpha value is -1.35. The van der Waals surface area contributed by atoms with Gasteiger partial charge in [0.15, 0.2) is 0 Å². The van der Waals surface area contributed by atoms with E-state index in [1.807, 2.05) is 19.2 Å². The first-order valence-corrected chi connectivity index (χ1v) is 8.28. The first-order chi connectivity index (χ1) is 10.2. The second-order valence-corrected chi connectivity index (χ2v) is 6.62. The number of nitrogens with zero attached hydrogens (tertiary/aromatic N) is 1. The molecule has 3 rings (SSSR count). The van der Waals surface area contributed by atoms with E-state index in [1.54, 1.807) is 4.90 Å². The molecule has 1 saturated carbocycles. The summed E-state index contributed by atoms with van der Waals surface area (Å²) in [7, 11) is 1.88. The second kappa shape index (κ2) is 6.18. The molecule has 1 aliphatic heterocycles. The normalized spacial score (nSPS) is 24.8. The standard InChI is InChI=1S/C18H26N2O/c1-13(14-8-4-3-5-9-14)19-16-12-18(21)20(2)17-11-7-6-10-15(16)17/h6-7,10-11,13-14,16,19H,3-5,8-9,12H2,1-2H3. The molecule has 1 fully saturated rings. The van der Waals surface area contributed by atoms with Crippen LogP contribution in [0.4, 0.5) is 5.69 Å². The van der Waals surface area contributed by atoms with Crippen molar-refractivity contribution in [3.05, 3.63) is 29.8 Å². The topological polar surface area (TPSA) is 32.3 Å². The summed E-state index contributed by atoms with van der Waals surface area (Å²) in [5, 5.41) is 3.75. The summed E-state index contributed by atoms with van der Waals surface area (Å²) in [4.78, 5) is 14.0. The van der Waals surface area contributed by atoms with E-state index < -0.39 is 0 Å². The molecule has 2 aliphatic rings. The van der Waals surface area contributed by atoms with Crippen LogP contribution in [0.5, 0.6) is 0 Å². The van der Waals surface area contributed by atoms with Gasteiger partial charge in [-0.15, -0.1) is 0 Å². The number of carbonyl (C=O) groups is 1. The fraction of sp³-hybridized carbons (Fsp3) is 0.611. The van der Waals surface area contributed by atoms with Gasteiger partial charge in [-0.2, -0.15) is 0 Å². The number of para-hydroxylation sites is 1. The van der Waals surface area contributed by atoms with Gasteiger partial charge in [-0.1, -0.05) is 37.5 Å². The van der Waals surface area contributed by atoms with Gasteiger partial charge in [0.2, 0.25) is 5.91 Å². The lowest BCUT2D eigenvalue weighted by Crippen LogP contribution is -2.43. The first-order valence-electron chi connectivity index (χ1n) is 8.28. The third-order valence-corrected chi connectivity index (χ3v) is 5.25. The lowest BCUT2D eigenvalue weighted by atomic mass is 9.83. The zero-order chi connectivity index (χ0) is 14.8. The first kappa shape index (κ1) is 14.6. The van der Waals surface area contributed by atoms with Crippen LogP contribution < -0.4 is 10.2 Å². The minimum absolute atomic E-state index is 0.168. The molecule has 1 aliphatic carbocycles. The Morgan fingerprint density at radius 2 is 1.90 bits per heavy atom.